The molecular weight excluding hydrogens is 176 g/mol. The van der Waals surface area contributed by atoms with Gasteiger partial charge in [-0.1, -0.05) is 6.58 Å². The van der Waals surface area contributed by atoms with E-state index in [-0.39, 0.29) is 51.4 Å². The fourth-order valence-corrected chi connectivity index (χ4v) is 0.143. The third kappa shape index (κ3) is 5.42. The molecule has 0 aliphatic rings. The van der Waals surface area contributed by atoms with Crippen LogP contribution in [0.5, 0.6) is 0 Å². The van der Waals surface area contributed by atoms with Gasteiger partial charge in [0.2, 0.25) is 0 Å². The summed E-state index contributed by atoms with van der Waals surface area (Å²) in [6.45, 7) is 2.77. The third-order valence-corrected chi connectivity index (χ3v) is 0.422. The van der Waals surface area contributed by atoms with Crippen LogP contribution in [0.25, 0.3) is 0 Å². The van der Waals surface area contributed by atoms with Crippen molar-refractivity contribution in [2.45, 2.75) is 6.18 Å². The van der Waals surface area contributed by atoms with Gasteiger partial charge < -0.3 is 4.74 Å². The molecule has 0 unspecified atom stereocenters. The number of carbonyl (C=O) groups is 1. The Bertz CT molecular complexity index is 131. The molecular formula is C4H3F3KO2. The maximum absolute atomic E-state index is 11.1. The minimum Gasteiger partial charge on any atom is -0.428 e. The van der Waals surface area contributed by atoms with Crippen LogP contribution in [0.1, 0.15) is 0 Å². The van der Waals surface area contributed by atoms with Crippen LogP contribution in [0.3, 0.4) is 0 Å². The molecule has 0 aromatic rings. The molecule has 0 aromatic heterocycles. The molecule has 2 nitrogen and oxygen atoms in total. The van der Waals surface area contributed by atoms with Crippen LogP contribution in [-0.4, -0.2) is 63.5 Å². The maximum atomic E-state index is 11.1. The number of alkyl halides is 3. The molecule has 0 spiro atoms. The molecule has 6 heteroatoms. The summed E-state index contributed by atoms with van der Waals surface area (Å²) in [5.74, 6) is -2.25. The van der Waals surface area contributed by atoms with Crippen molar-refractivity contribution in [2.24, 2.45) is 0 Å². The summed E-state index contributed by atoms with van der Waals surface area (Å²) in [7, 11) is 0. The fourth-order valence-electron chi connectivity index (χ4n) is 0.143. The van der Waals surface area contributed by atoms with Gasteiger partial charge in [-0.3, -0.25) is 0 Å². The standard InChI is InChI=1S/C4H3F3O2.K/c1-2-9-3(8)4(5,6)7;/h2H,1H2;. The van der Waals surface area contributed by atoms with Gasteiger partial charge >= 0.3 is 12.1 Å². The Kier molecular flexibility index (Phi) is 7.03. The Morgan fingerprint density at radius 1 is 1.50 bits per heavy atom. The van der Waals surface area contributed by atoms with E-state index < -0.39 is 12.1 Å². The molecule has 0 rings (SSSR count). The monoisotopic (exact) mass is 179 g/mol. The minimum atomic E-state index is -4.92. The summed E-state index contributed by atoms with van der Waals surface area (Å²) in [5, 5.41) is 0. The van der Waals surface area contributed by atoms with Crippen LogP contribution < -0.4 is 0 Å². The zero-order valence-corrected chi connectivity index (χ0v) is 8.36. The van der Waals surface area contributed by atoms with E-state index in [2.05, 4.69) is 11.3 Å². The fraction of sp³-hybridized carbons (Fsp3) is 0.250. The second kappa shape index (κ2) is 5.31. The third-order valence-electron chi connectivity index (χ3n) is 0.422. The first kappa shape index (κ1) is 13.2. The summed E-state index contributed by atoms with van der Waals surface area (Å²) in [4.78, 5) is 9.65. The van der Waals surface area contributed by atoms with Gasteiger partial charge in [0, 0.05) is 51.4 Å². The van der Waals surface area contributed by atoms with Crippen molar-refractivity contribution in [2.75, 3.05) is 0 Å². The zero-order chi connectivity index (χ0) is 7.49. The number of ether oxygens (including phenoxy) is 1. The molecule has 0 aliphatic heterocycles. The molecule has 0 N–H and O–H groups in total. The molecule has 1 radical (unpaired) electrons. The first-order valence-corrected chi connectivity index (χ1v) is 1.87. The van der Waals surface area contributed by atoms with E-state index in [9.17, 15) is 18.0 Å². The van der Waals surface area contributed by atoms with Crippen molar-refractivity contribution in [1.82, 2.24) is 0 Å². The molecule has 10 heavy (non-hydrogen) atoms. The number of rotatable bonds is 1. The quantitative estimate of drug-likeness (QED) is 0.339. The summed E-state index contributed by atoms with van der Waals surface area (Å²) in [6.07, 6.45) is -4.50. The summed E-state index contributed by atoms with van der Waals surface area (Å²) < 4.78 is 36.7. The molecule has 0 amide bonds. The topological polar surface area (TPSA) is 26.3 Å². The van der Waals surface area contributed by atoms with E-state index in [1.807, 2.05) is 0 Å². The smallest absolute Gasteiger partial charge is 0.428 e. The van der Waals surface area contributed by atoms with E-state index in [4.69, 9.17) is 0 Å². The number of hydrogen-bond donors (Lipinski definition) is 0. The first-order chi connectivity index (χ1) is 3.98. The van der Waals surface area contributed by atoms with Gasteiger partial charge in [0.15, 0.2) is 0 Å². The van der Waals surface area contributed by atoms with Crippen LogP contribution in [0.2, 0.25) is 0 Å². The second-order valence-electron chi connectivity index (χ2n) is 1.07. The summed E-state index contributed by atoms with van der Waals surface area (Å²) in [5.41, 5.74) is 0. The minimum absolute atomic E-state index is 0. The van der Waals surface area contributed by atoms with Crippen molar-refractivity contribution in [3.05, 3.63) is 12.8 Å². The zero-order valence-electron chi connectivity index (χ0n) is 5.23. The van der Waals surface area contributed by atoms with Crippen molar-refractivity contribution in [3.63, 3.8) is 0 Å². The van der Waals surface area contributed by atoms with Gasteiger partial charge in [0.25, 0.3) is 0 Å². The van der Waals surface area contributed by atoms with E-state index in [1.54, 1.807) is 0 Å². The molecule has 0 saturated carbocycles. The van der Waals surface area contributed by atoms with E-state index >= 15 is 0 Å². The van der Waals surface area contributed by atoms with Crippen LogP contribution in [0, 0.1) is 0 Å². The maximum Gasteiger partial charge on any atom is 0.491 e. The van der Waals surface area contributed by atoms with Crippen LogP contribution in [-0.2, 0) is 9.53 Å². The average molecular weight is 179 g/mol. The van der Waals surface area contributed by atoms with E-state index in [0.29, 0.717) is 6.26 Å². The second-order valence-corrected chi connectivity index (χ2v) is 1.07. The number of esters is 1. The predicted octanol–water partition coefficient (Wildman–Crippen LogP) is 0.855. The van der Waals surface area contributed by atoms with Gasteiger partial charge in [0.05, 0.1) is 6.26 Å². The molecule has 0 bridgehead atoms. The molecule has 0 aliphatic carbocycles. The summed E-state index contributed by atoms with van der Waals surface area (Å²) >= 11 is 0. The van der Waals surface area contributed by atoms with Crippen molar-refractivity contribution >= 4 is 57.4 Å². The van der Waals surface area contributed by atoms with E-state index in [0.717, 1.165) is 0 Å². The Hall–Kier alpha value is 0.636. The van der Waals surface area contributed by atoms with Crippen molar-refractivity contribution < 1.29 is 22.7 Å². The summed E-state index contributed by atoms with van der Waals surface area (Å²) in [6, 6.07) is 0. The van der Waals surface area contributed by atoms with Crippen LogP contribution in [0.4, 0.5) is 13.2 Å². The van der Waals surface area contributed by atoms with Gasteiger partial charge in [-0.2, -0.15) is 13.2 Å². The van der Waals surface area contributed by atoms with Crippen LogP contribution in [0.15, 0.2) is 12.8 Å². The van der Waals surface area contributed by atoms with Gasteiger partial charge in [-0.15, -0.1) is 0 Å². The molecule has 53 valence electrons. The van der Waals surface area contributed by atoms with Crippen molar-refractivity contribution in [1.29, 1.82) is 0 Å². The Labute approximate surface area is 97.8 Å². The number of hydrogen-bond acceptors (Lipinski definition) is 2. The van der Waals surface area contributed by atoms with Gasteiger partial charge in [-0.25, -0.2) is 4.79 Å². The van der Waals surface area contributed by atoms with E-state index in [1.165, 1.54) is 0 Å². The predicted molar refractivity (Wildman–Crippen MR) is 28.1 cm³/mol. The molecule has 0 heterocycles. The Morgan fingerprint density at radius 3 is 2.00 bits per heavy atom. The van der Waals surface area contributed by atoms with Crippen molar-refractivity contribution in [3.8, 4) is 0 Å². The average Bonchev–Trinajstić information content (AvgIpc) is 1.64. The Balaban J connectivity index is 0. The SMILES string of the molecule is C=COC(=O)C(F)(F)F.[K]. The first-order valence-electron chi connectivity index (χ1n) is 1.87. The number of halogens is 3. The Morgan fingerprint density at radius 2 is 1.90 bits per heavy atom. The largest absolute Gasteiger partial charge is 0.491 e. The molecule has 0 saturated heterocycles. The van der Waals surface area contributed by atoms with Gasteiger partial charge in [-0.05, 0) is 0 Å². The van der Waals surface area contributed by atoms with Gasteiger partial charge in [0.1, 0.15) is 0 Å². The molecule has 0 atom stereocenters. The molecule has 0 fully saturated rings. The normalized spacial score (nSPS) is 9.50. The number of carbonyl (C=O) groups excluding carboxylic acids is 1. The van der Waals surface area contributed by atoms with Crippen LogP contribution >= 0.6 is 0 Å². The molecule has 0 aromatic carbocycles.